The number of nitrogens with zero attached hydrogens (tertiary/aromatic N) is 1. The molecule has 1 fully saturated rings. The lowest BCUT2D eigenvalue weighted by atomic mass is 9.97. The predicted octanol–water partition coefficient (Wildman–Crippen LogP) is 2.14. The maximum absolute atomic E-state index is 12.2. The number of rotatable bonds is 4. The Bertz CT molecular complexity index is 459. The fourth-order valence-corrected chi connectivity index (χ4v) is 2.90. The van der Waals surface area contributed by atoms with Gasteiger partial charge in [-0.2, -0.15) is 0 Å². The van der Waals surface area contributed by atoms with Gasteiger partial charge in [0.25, 0.3) is 0 Å². The molecule has 0 bridgehead atoms. The Morgan fingerprint density at radius 1 is 1.45 bits per heavy atom. The molecular weight excluding hydrogens is 250 g/mol. The van der Waals surface area contributed by atoms with Gasteiger partial charge in [-0.3, -0.25) is 9.69 Å². The van der Waals surface area contributed by atoms with E-state index in [9.17, 15) is 4.79 Å². The Morgan fingerprint density at radius 3 is 2.90 bits per heavy atom. The summed E-state index contributed by atoms with van der Waals surface area (Å²) in [6.07, 6.45) is 3.46. The second-order valence-corrected chi connectivity index (χ2v) is 5.76. The molecule has 1 aromatic rings. The van der Waals surface area contributed by atoms with Crippen LogP contribution in [0, 0.1) is 6.92 Å². The predicted molar refractivity (Wildman–Crippen MR) is 82.7 cm³/mol. The number of hydrogen-bond acceptors (Lipinski definition) is 3. The van der Waals surface area contributed by atoms with Crippen LogP contribution in [0.1, 0.15) is 31.7 Å². The normalized spacial score (nSPS) is 21.4. The smallest absolute Gasteiger partial charge is 0.238 e. The second-order valence-electron chi connectivity index (χ2n) is 5.76. The highest BCUT2D eigenvalue weighted by Crippen LogP contribution is 2.19. The molecule has 2 atom stereocenters. The topological polar surface area (TPSA) is 58.4 Å². The van der Waals surface area contributed by atoms with Crippen molar-refractivity contribution < 1.29 is 4.79 Å². The van der Waals surface area contributed by atoms with E-state index in [1.54, 1.807) is 0 Å². The van der Waals surface area contributed by atoms with Gasteiger partial charge in [0.2, 0.25) is 5.91 Å². The number of nitrogens with one attached hydrogen (secondary N) is 1. The van der Waals surface area contributed by atoms with Crippen LogP contribution in [0.4, 0.5) is 5.69 Å². The van der Waals surface area contributed by atoms with Gasteiger partial charge < -0.3 is 11.1 Å². The number of aryl methyl sites for hydroxylation is 1. The molecule has 2 rings (SSSR count). The van der Waals surface area contributed by atoms with E-state index in [1.807, 2.05) is 38.1 Å². The van der Waals surface area contributed by atoms with E-state index in [2.05, 4.69) is 10.2 Å². The van der Waals surface area contributed by atoms with Crippen LogP contribution >= 0.6 is 0 Å². The minimum absolute atomic E-state index is 0.0480. The van der Waals surface area contributed by atoms with Crippen molar-refractivity contribution in [2.75, 3.05) is 18.4 Å². The molecule has 0 aliphatic carbocycles. The molecule has 4 heteroatoms. The van der Waals surface area contributed by atoms with E-state index >= 15 is 0 Å². The highest BCUT2D eigenvalue weighted by atomic mass is 16.2. The summed E-state index contributed by atoms with van der Waals surface area (Å²) in [6, 6.07) is 8.29. The molecule has 1 saturated heterocycles. The SMILES string of the molecule is Cc1ccccc1NC(=O)CN1CCCCC1C(C)N. The number of amides is 1. The van der Waals surface area contributed by atoms with Crippen LogP contribution in [0.2, 0.25) is 0 Å². The second kappa shape index (κ2) is 6.86. The van der Waals surface area contributed by atoms with E-state index in [1.165, 1.54) is 6.42 Å². The number of benzene rings is 1. The number of hydrogen-bond donors (Lipinski definition) is 2. The van der Waals surface area contributed by atoms with Crippen molar-refractivity contribution in [3.63, 3.8) is 0 Å². The van der Waals surface area contributed by atoms with Crippen LogP contribution in [0.25, 0.3) is 0 Å². The van der Waals surface area contributed by atoms with Crippen molar-refractivity contribution in [3.05, 3.63) is 29.8 Å². The van der Waals surface area contributed by atoms with Gasteiger partial charge in [-0.1, -0.05) is 24.6 Å². The Hall–Kier alpha value is -1.39. The average Bonchev–Trinajstić information content (AvgIpc) is 2.41. The summed E-state index contributed by atoms with van der Waals surface area (Å²) in [6.45, 7) is 5.43. The van der Waals surface area contributed by atoms with Crippen LogP contribution < -0.4 is 11.1 Å². The fraction of sp³-hybridized carbons (Fsp3) is 0.562. The number of likely N-dealkylation sites (tertiary alicyclic amines) is 1. The highest BCUT2D eigenvalue weighted by molar-refractivity contribution is 5.92. The molecule has 0 spiro atoms. The first-order valence-electron chi connectivity index (χ1n) is 7.43. The van der Waals surface area contributed by atoms with E-state index in [0.29, 0.717) is 12.6 Å². The van der Waals surface area contributed by atoms with E-state index in [-0.39, 0.29) is 11.9 Å². The fourth-order valence-electron chi connectivity index (χ4n) is 2.90. The van der Waals surface area contributed by atoms with Gasteiger partial charge in [0, 0.05) is 17.8 Å². The number of nitrogens with two attached hydrogens (primary N) is 1. The van der Waals surface area contributed by atoms with Gasteiger partial charge in [0.05, 0.1) is 6.54 Å². The lowest BCUT2D eigenvalue weighted by Gasteiger charge is -2.37. The van der Waals surface area contributed by atoms with Crippen LogP contribution in [0.15, 0.2) is 24.3 Å². The molecule has 0 aromatic heterocycles. The zero-order valence-corrected chi connectivity index (χ0v) is 12.4. The molecule has 1 amide bonds. The van der Waals surface area contributed by atoms with Gasteiger partial charge in [-0.05, 0) is 44.9 Å². The molecule has 1 heterocycles. The van der Waals surface area contributed by atoms with Gasteiger partial charge in [-0.25, -0.2) is 0 Å². The Balaban J connectivity index is 1.95. The number of piperidine rings is 1. The minimum Gasteiger partial charge on any atom is -0.327 e. The van der Waals surface area contributed by atoms with Crippen molar-refractivity contribution in [1.29, 1.82) is 0 Å². The third-order valence-corrected chi connectivity index (χ3v) is 4.04. The standard InChI is InChI=1S/C16H25N3O/c1-12-7-3-4-8-14(12)18-16(20)11-19-10-6-5-9-15(19)13(2)17/h3-4,7-8,13,15H,5-6,9-11,17H2,1-2H3,(H,18,20). The molecule has 20 heavy (non-hydrogen) atoms. The molecule has 2 unspecified atom stereocenters. The van der Waals surface area contributed by atoms with E-state index in [0.717, 1.165) is 30.6 Å². The summed E-state index contributed by atoms with van der Waals surface area (Å²) >= 11 is 0. The summed E-state index contributed by atoms with van der Waals surface area (Å²) < 4.78 is 0. The Labute approximate surface area is 121 Å². The summed E-state index contributed by atoms with van der Waals surface area (Å²) in [5.74, 6) is 0.0480. The van der Waals surface area contributed by atoms with E-state index in [4.69, 9.17) is 5.73 Å². The summed E-state index contributed by atoms with van der Waals surface area (Å²) in [5, 5.41) is 3.00. The van der Waals surface area contributed by atoms with Crippen molar-refractivity contribution >= 4 is 11.6 Å². The molecular formula is C16H25N3O. The maximum atomic E-state index is 12.2. The van der Waals surface area contributed by atoms with Gasteiger partial charge in [-0.15, -0.1) is 0 Å². The Kier molecular flexibility index (Phi) is 5.15. The molecule has 0 radical (unpaired) electrons. The van der Waals surface area contributed by atoms with Gasteiger partial charge in [0.15, 0.2) is 0 Å². The third kappa shape index (κ3) is 3.81. The number of anilines is 1. The largest absolute Gasteiger partial charge is 0.327 e. The molecule has 3 N–H and O–H groups in total. The zero-order valence-electron chi connectivity index (χ0n) is 12.4. The monoisotopic (exact) mass is 275 g/mol. The van der Waals surface area contributed by atoms with Crippen LogP contribution in [0.3, 0.4) is 0 Å². The molecule has 4 nitrogen and oxygen atoms in total. The first-order chi connectivity index (χ1) is 9.58. The zero-order chi connectivity index (χ0) is 14.5. The van der Waals surface area contributed by atoms with Gasteiger partial charge >= 0.3 is 0 Å². The molecule has 1 aromatic carbocycles. The van der Waals surface area contributed by atoms with Crippen molar-refractivity contribution in [1.82, 2.24) is 4.90 Å². The summed E-state index contributed by atoms with van der Waals surface area (Å²) in [5.41, 5.74) is 8.02. The first kappa shape index (κ1) is 15.0. The van der Waals surface area contributed by atoms with Gasteiger partial charge in [0.1, 0.15) is 0 Å². The molecule has 110 valence electrons. The lowest BCUT2D eigenvalue weighted by molar-refractivity contribution is -0.118. The lowest BCUT2D eigenvalue weighted by Crippen LogP contribution is -2.51. The molecule has 1 aliphatic heterocycles. The number of carbonyl (C=O) groups is 1. The average molecular weight is 275 g/mol. The number of para-hydroxylation sites is 1. The number of carbonyl (C=O) groups excluding carboxylic acids is 1. The first-order valence-corrected chi connectivity index (χ1v) is 7.43. The van der Waals surface area contributed by atoms with Crippen molar-refractivity contribution in [2.45, 2.75) is 45.2 Å². The molecule has 0 saturated carbocycles. The van der Waals surface area contributed by atoms with Crippen molar-refractivity contribution in [3.8, 4) is 0 Å². The Morgan fingerprint density at radius 2 is 2.20 bits per heavy atom. The quantitative estimate of drug-likeness (QED) is 0.885. The van der Waals surface area contributed by atoms with Crippen LogP contribution in [-0.4, -0.2) is 36.0 Å². The highest BCUT2D eigenvalue weighted by Gasteiger charge is 2.26. The van der Waals surface area contributed by atoms with Crippen LogP contribution in [-0.2, 0) is 4.79 Å². The third-order valence-electron chi connectivity index (χ3n) is 4.04. The van der Waals surface area contributed by atoms with Crippen LogP contribution in [0.5, 0.6) is 0 Å². The maximum Gasteiger partial charge on any atom is 0.238 e. The summed E-state index contributed by atoms with van der Waals surface area (Å²) in [4.78, 5) is 14.4. The minimum atomic E-state index is 0.0480. The molecule has 1 aliphatic rings. The van der Waals surface area contributed by atoms with E-state index < -0.39 is 0 Å². The summed E-state index contributed by atoms with van der Waals surface area (Å²) in [7, 11) is 0. The van der Waals surface area contributed by atoms with Crippen molar-refractivity contribution in [2.24, 2.45) is 5.73 Å².